The number of hydrogen-bond acceptors (Lipinski definition) is 4. The zero-order valence-electron chi connectivity index (χ0n) is 17.0. The van der Waals surface area contributed by atoms with Crippen LogP contribution in [-0.4, -0.2) is 59.5 Å². The Labute approximate surface area is 162 Å². The number of hydrogen-bond donors (Lipinski definition) is 0. The predicted molar refractivity (Wildman–Crippen MR) is 106 cm³/mol. The molecule has 0 bridgehead atoms. The van der Waals surface area contributed by atoms with Crippen molar-refractivity contribution in [3.63, 3.8) is 0 Å². The number of piperidine rings is 1. The van der Waals surface area contributed by atoms with Crippen LogP contribution < -0.4 is 0 Å². The maximum Gasteiger partial charge on any atom is 0.410 e. The zero-order valence-corrected chi connectivity index (χ0v) is 17.0. The summed E-state index contributed by atoms with van der Waals surface area (Å²) in [5, 5.41) is 0. The summed E-state index contributed by atoms with van der Waals surface area (Å²) in [5.74, 6) is 0.186. The van der Waals surface area contributed by atoms with Crippen molar-refractivity contribution in [3.05, 3.63) is 35.9 Å². The van der Waals surface area contributed by atoms with Crippen molar-refractivity contribution in [1.82, 2.24) is 9.80 Å². The van der Waals surface area contributed by atoms with E-state index in [4.69, 9.17) is 4.74 Å². The first-order valence-corrected chi connectivity index (χ1v) is 9.98. The molecule has 1 aromatic carbocycles. The summed E-state index contributed by atoms with van der Waals surface area (Å²) in [5.41, 5.74) is 0.544. The summed E-state index contributed by atoms with van der Waals surface area (Å²) in [4.78, 5) is 29.0. The van der Waals surface area contributed by atoms with Crippen molar-refractivity contribution in [2.45, 2.75) is 58.6 Å². The number of carbonyl (C=O) groups is 2. The fourth-order valence-corrected chi connectivity index (χ4v) is 4.37. The summed E-state index contributed by atoms with van der Waals surface area (Å²) < 4.78 is 5.50. The molecule has 0 radical (unpaired) electrons. The van der Waals surface area contributed by atoms with Crippen LogP contribution in [0.5, 0.6) is 0 Å². The Hall–Kier alpha value is -1.88. The molecule has 1 aromatic rings. The van der Waals surface area contributed by atoms with E-state index < -0.39 is 5.60 Å². The third kappa shape index (κ3) is 4.89. The second-order valence-corrected chi connectivity index (χ2v) is 9.21. The number of carbonyl (C=O) groups excluding carboxylic acids is 2. The van der Waals surface area contributed by atoms with Gasteiger partial charge in [-0.2, -0.15) is 0 Å². The summed E-state index contributed by atoms with van der Waals surface area (Å²) in [6, 6.07) is 9.92. The van der Waals surface area contributed by atoms with Gasteiger partial charge in [-0.05, 0) is 52.4 Å². The van der Waals surface area contributed by atoms with Crippen LogP contribution >= 0.6 is 0 Å². The summed E-state index contributed by atoms with van der Waals surface area (Å²) in [7, 11) is 0. The lowest BCUT2D eigenvalue weighted by atomic mass is 9.77. The number of rotatable bonds is 3. The highest BCUT2D eigenvalue weighted by Gasteiger charge is 2.45. The van der Waals surface area contributed by atoms with Crippen molar-refractivity contribution in [2.75, 3.05) is 26.2 Å². The van der Waals surface area contributed by atoms with Crippen LogP contribution in [0.1, 0.15) is 57.3 Å². The van der Waals surface area contributed by atoms with Crippen LogP contribution in [0, 0.1) is 5.41 Å². The topological polar surface area (TPSA) is 49.9 Å². The summed E-state index contributed by atoms with van der Waals surface area (Å²) >= 11 is 0. The molecule has 1 amide bonds. The number of nitrogens with zero attached hydrogens (tertiary/aromatic N) is 2. The lowest BCUT2D eigenvalue weighted by Crippen LogP contribution is -2.46. The minimum absolute atomic E-state index is 0.186. The van der Waals surface area contributed by atoms with Crippen LogP contribution in [0.3, 0.4) is 0 Å². The van der Waals surface area contributed by atoms with Crippen LogP contribution in [0.4, 0.5) is 4.79 Å². The van der Waals surface area contributed by atoms with Crippen LogP contribution in [0.15, 0.2) is 30.3 Å². The lowest BCUT2D eigenvalue weighted by Gasteiger charge is -2.39. The van der Waals surface area contributed by atoms with Gasteiger partial charge in [0.15, 0.2) is 5.78 Å². The summed E-state index contributed by atoms with van der Waals surface area (Å²) in [6.45, 7) is 10.8. The molecule has 0 saturated carbocycles. The normalized spacial score (nSPS) is 22.8. The number of likely N-dealkylation sites (tertiary alicyclic amines) is 2. The van der Waals surface area contributed by atoms with Crippen LogP contribution in [0.2, 0.25) is 0 Å². The van der Waals surface area contributed by atoms with Crippen LogP contribution in [0.25, 0.3) is 0 Å². The standard InChI is InChI=1S/C22H32N2O3/c1-17-14-22(10-12-23(13-11-22)20(26)27-21(2,3)4)16-24(17)15-19(25)18-8-6-5-7-9-18/h5-9,17H,10-16H2,1-4H3. The number of Topliss-reactive ketones (excluding diaryl/α,β-unsaturated/α-hetero) is 1. The molecule has 5 heteroatoms. The van der Waals surface area contributed by atoms with Gasteiger partial charge in [-0.1, -0.05) is 30.3 Å². The largest absolute Gasteiger partial charge is 0.444 e. The molecule has 0 aliphatic carbocycles. The van der Waals surface area contributed by atoms with E-state index in [-0.39, 0.29) is 17.3 Å². The molecule has 2 aliphatic rings. The number of amides is 1. The van der Waals surface area contributed by atoms with E-state index in [0.717, 1.165) is 44.5 Å². The number of ketones is 1. The molecule has 0 aromatic heterocycles. The highest BCUT2D eigenvalue weighted by molar-refractivity contribution is 5.97. The highest BCUT2D eigenvalue weighted by Crippen LogP contribution is 2.43. The predicted octanol–water partition coefficient (Wildman–Crippen LogP) is 3.98. The molecule has 1 atom stereocenters. The van der Waals surface area contributed by atoms with Gasteiger partial charge in [-0.3, -0.25) is 9.69 Å². The average Bonchev–Trinajstić information content (AvgIpc) is 2.89. The quantitative estimate of drug-likeness (QED) is 0.753. The van der Waals surface area contributed by atoms with Crippen molar-refractivity contribution < 1.29 is 14.3 Å². The Morgan fingerprint density at radius 2 is 1.78 bits per heavy atom. The summed E-state index contributed by atoms with van der Waals surface area (Å²) in [6.07, 6.45) is 2.84. The molecular formula is C22H32N2O3. The van der Waals surface area contributed by atoms with Gasteiger partial charge in [-0.15, -0.1) is 0 Å². The van der Waals surface area contributed by atoms with E-state index in [9.17, 15) is 9.59 Å². The molecule has 0 N–H and O–H groups in total. The van der Waals surface area contributed by atoms with Gasteiger partial charge < -0.3 is 9.64 Å². The van der Waals surface area contributed by atoms with E-state index in [0.29, 0.717) is 12.6 Å². The molecule has 148 valence electrons. The molecule has 5 nitrogen and oxygen atoms in total. The Morgan fingerprint density at radius 1 is 1.15 bits per heavy atom. The Morgan fingerprint density at radius 3 is 2.37 bits per heavy atom. The van der Waals surface area contributed by atoms with Crippen molar-refractivity contribution in [2.24, 2.45) is 5.41 Å². The molecule has 1 unspecified atom stereocenters. The zero-order chi connectivity index (χ0) is 19.7. The van der Waals surface area contributed by atoms with Gasteiger partial charge in [0, 0.05) is 31.2 Å². The number of ether oxygens (including phenoxy) is 1. The minimum Gasteiger partial charge on any atom is -0.444 e. The Bertz CT molecular complexity index is 673. The molecule has 1 spiro atoms. The first-order valence-electron chi connectivity index (χ1n) is 9.98. The molecule has 2 aliphatic heterocycles. The maximum absolute atomic E-state index is 12.6. The second-order valence-electron chi connectivity index (χ2n) is 9.21. The van der Waals surface area contributed by atoms with Crippen molar-refractivity contribution in [3.8, 4) is 0 Å². The van der Waals surface area contributed by atoms with E-state index in [1.807, 2.05) is 56.0 Å². The molecule has 3 rings (SSSR count). The Kier molecular flexibility index (Phi) is 5.61. The van der Waals surface area contributed by atoms with E-state index in [2.05, 4.69) is 11.8 Å². The highest BCUT2D eigenvalue weighted by atomic mass is 16.6. The first kappa shape index (κ1) is 19.9. The van der Waals surface area contributed by atoms with Gasteiger partial charge in [-0.25, -0.2) is 4.79 Å². The maximum atomic E-state index is 12.6. The minimum atomic E-state index is -0.456. The van der Waals surface area contributed by atoms with Gasteiger partial charge in [0.25, 0.3) is 0 Å². The van der Waals surface area contributed by atoms with Crippen LogP contribution in [-0.2, 0) is 4.74 Å². The molecule has 2 fully saturated rings. The monoisotopic (exact) mass is 372 g/mol. The van der Waals surface area contributed by atoms with E-state index >= 15 is 0 Å². The fourth-order valence-electron chi connectivity index (χ4n) is 4.37. The smallest absolute Gasteiger partial charge is 0.410 e. The van der Waals surface area contributed by atoms with Crippen molar-refractivity contribution >= 4 is 11.9 Å². The van der Waals surface area contributed by atoms with Crippen molar-refractivity contribution in [1.29, 1.82) is 0 Å². The second kappa shape index (κ2) is 7.63. The van der Waals surface area contributed by atoms with Gasteiger partial charge in [0.2, 0.25) is 0 Å². The molecule has 2 saturated heterocycles. The third-order valence-electron chi connectivity index (χ3n) is 5.81. The van der Waals surface area contributed by atoms with Gasteiger partial charge in [0.05, 0.1) is 6.54 Å². The lowest BCUT2D eigenvalue weighted by molar-refractivity contribution is 0.0110. The van der Waals surface area contributed by atoms with Gasteiger partial charge >= 0.3 is 6.09 Å². The molecule has 2 heterocycles. The van der Waals surface area contributed by atoms with E-state index in [1.54, 1.807) is 0 Å². The number of benzene rings is 1. The molecule has 27 heavy (non-hydrogen) atoms. The fraction of sp³-hybridized carbons (Fsp3) is 0.636. The van der Waals surface area contributed by atoms with E-state index in [1.165, 1.54) is 0 Å². The molecular weight excluding hydrogens is 340 g/mol. The SMILES string of the molecule is CC1CC2(CCN(C(=O)OC(C)(C)C)CC2)CN1CC(=O)c1ccccc1. The first-order chi connectivity index (χ1) is 12.7. The Balaban J connectivity index is 1.55. The average molecular weight is 373 g/mol. The third-order valence-corrected chi connectivity index (χ3v) is 5.81. The van der Waals surface area contributed by atoms with Gasteiger partial charge in [0.1, 0.15) is 5.60 Å².